The van der Waals surface area contributed by atoms with Gasteiger partial charge in [-0.05, 0) is 24.3 Å². The highest BCUT2D eigenvalue weighted by molar-refractivity contribution is 7.81. The third-order valence-corrected chi connectivity index (χ3v) is 2.95. The molecule has 0 saturated heterocycles. The molecule has 1 amide bonds. The topological polar surface area (TPSA) is 123 Å². The Kier molecular flexibility index (Phi) is 4.75. The number of carbonyl (C=O) groups is 1. The van der Waals surface area contributed by atoms with E-state index >= 15 is 0 Å². The summed E-state index contributed by atoms with van der Waals surface area (Å²) in [5.41, 5.74) is -0.318. The summed E-state index contributed by atoms with van der Waals surface area (Å²) in [6.07, 6.45) is 0.638. The van der Waals surface area contributed by atoms with Crippen molar-refractivity contribution in [2.24, 2.45) is 0 Å². The Balaban J connectivity index is 2.07. The fraction of sp³-hybridized carbons (Fsp3) is 0.182. The predicted octanol–water partition coefficient (Wildman–Crippen LogP) is 0.665. The summed E-state index contributed by atoms with van der Waals surface area (Å²) >= 11 is 0. The normalized spacial score (nSPS) is 12.0. The Hall–Kier alpha value is -2.67. The predicted molar refractivity (Wildman–Crippen MR) is 72.3 cm³/mol. The van der Waals surface area contributed by atoms with Gasteiger partial charge in [0.05, 0.1) is 6.20 Å². The van der Waals surface area contributed by atoms with E-state index < -0.39 is 34.8 Å². The number of rotatable bonds is 6. The summed E-state index contributed by atoms with van der Waals surface area (Å²) in [5.74, 6) is -1.22. The van der Waals surface area contributed by atoms with Crippen LogP contribution in [0.5, 0.6) is 5.75 Å². The number of nitrogens with one attached hydrogen (secondary N) is 1. The number of nitrogens with zero attached hydrogens (tertiary/aromatic N) is 3. The van der Waals surface area contributed by atoms with Gasteiger partial charge in [0.2, 0.25) is 0 Å². The maximum Gasteiger partial charge on any atom is 0.488 e. The van der Waals surface area contributed by atoms with Crippen molar-refractivity contribution in [1.29, 1.82) is 0 Å². The summed E-state index contributed by atoms with van der Waals surface area (Å²) in [6.45, 7) is -1.52. The molecule has 2 rings (SSSR count). The lowest BCUT2D eigenvalue weighted by Crippen LogP contribution is -2.27. The minimum atomic E-state index is -5.17. The number of aliphatic hydroxyl groups is 1. The maximum absolute atomic E-state index is 13.2. The van der Waals surface area contributed by atoms with Gasteiger partial charge in [-0.1, -0.05) is 9.10 Å². The smallest absolute Gasteiger partial charge is 0.388 e. The van der Waals surface area contributed by atoms with Gasteiger partial charge in [-0.25, -0.2) is 0 Å². The first kappa shape index (κ1) is 17.7. The molecule has 130 valence electrons. The van der Waals surface area contributed by atoms with E-state index in [4.69, 9.17) is 5.11 Å². The lowest BCUT2D eigenvalue weighted by molar-refractivity contribution is -0.131. The molecule has 0 fully saturated rings. The Bertz CT molecular complexity index is 838. The summed E-state index contributed by atoms with van der Waals surface area (Å²) in [7, 11) is -5.17. The van der Waals surface area contributed by atoms with Crippen molar-refractivity contribution in [3.63, 3.8) is 0 Å². The van der Waals surface area contributed by atoms with Crippen LogP contribution in [0.2, 0.25) is 0 Å². The molecule has 0 spiro atoms. The first-order valence-corrected chi connectivity index (χ1v) is 7.38. The molecule has 1 aromatic carbocycles. The Morgan fingerprint density at radius 1 is 1.33 bits per heavy atom. The van der Waals surface area contributed by atoms with E-state index in [-0.39, 0.29) is 16.1 Å². The van der Waals surface area contributed by atoms with Gasteiger partial charge in [0.15, 0.2) is 5.69 Å². The number of aromatic nitrogens is 3. The van der Waals surface area contributed by atoms with Gasteiger partial charge in [-0.2, -0.15) is 21.9 Å². The molecule has 24 heavy (non-hydrogen) atoms. The molecule has 2 aromatic rings. The van der Waals surface area contributed by atoms with Crippen molar-refractivity contribution in [3.8, 4) is 5.75 Å². The van der Waals surface area contributed by atoms with Gasteiger partial charge in [-0.3, -0.25) is 4.79 Å². The second-order valence-corrected chi connectivity index (χ2v) is 5.28. The van der Waals surface area contributed by atoms with Crippen LogP contribution < -0.4 is 9.50 Å². The van der Waals surface area contributed by atoms with Crippen LogP contribution in [0.1, 0.15) is 10.5 Å². The minimum absolute atomic E-state index is 0.0327. The third-order valence-electron chi connectivity index (χ3n) is 2.56. The van der Waals surface area contributed by atoms with Crippen LogP contribution in [-0.2, 0) is 16.6 Å². The van der Waals surface area contributed by atoms with Crippen LogP contribution in [0.4, 0.5) is 18.4 Å². The zero-order valence-electron chi connectivity index (χ0n) is 11.6. The van der Waals surface area contributed by atoms with E-state index in [0.29, 0.717) is 6.20 Å². The molecule has 1 aromatic heterocycles. The van der Waals surface area contributed by atoms with E-state index in [0.717, 1.165) is 12.1 Å². The van der Waals surface area contributed by atoms with E-state index in [1.165, 1.54) is 12.1 Å². The van der Waals surface area contributed by atoms with E-state index in [1.807, 2.05) is 0 Å². The van der Waals surface area contributed by atoms with Crippen LogP contribution in [0, 0.1) is 0 Å². The zero-order valence-corrected chi connectivity index (χ0v) is 12.4. The van der Waals surface area contributed by atoms with Gasteiger partial charge in [0, 0.05) is 5.69 Å². The van der Waals surface area contributed by atoms with Gasteiger partial charge in [-0.15, -0.1) is 5.10 Å². The zero-order chi connectivity index (χ0) is 18.0. The van der Waals surface area contributed by atoms with E-state index in [2.05, 4.69) is 19.8 Å². The Labute approximate surface area is 133 Å². The second kappa shape index (κ2) is 6.45. The van der Waals surface area contributed by atoms with Crippen molar-refractivity contribution < 1.29 is 35.2 Å². The number of hydrogen-bond acceptors (Lipinski definition) is 7. The summed E-state index contributed by atoms with van der Waals surface area (Å²) < 4.78 is 63.2. The number of benzene rings is 1. The van der Waals surface area contributed by atoms with E-state index in [1.54, 1.807) is 0 Å². The molecular weight excluding hydrogens is 357 g/mol. The molecule has 2 N–H and O–H groups in total. The average Bonchev–Trinajstić information content (AvgIpc) is 2.98. The molecule has 0 atom stereocenters. The van der Waals surface area contributed by atoms with Gasteiger partial charge in [0.1, 0.15) is 12.4 Å². The van der Waals surface area contributed by atoms with Crippen LogP contribution in [-0.4, -0.2) is 41.0 Å². The molecule has 13 heteroatoms. The number of amides is 1. The first-order valence-electron chi connectivity index (χ1n) is 6.08. The molecule has 0 bridgehead atoms. The average molecular weight is 366 g/mol. The van der Waals surface area contributed by atoms with Gasteiger partial charge in [0.25, 0.3) is 5.91 Å². The lowest BCUT2D eigenvalue weighted by atomic mass is 10.3. The quantitative estimate of drug-likeness (QED) is 0.720. The number of carbonyl (C=O) groups excluding carboxylic acids is 1. The van der Waals surface area contributed by atoms with Crippen molar-refractivity contribution in [3.05, 3.63) is 36.2 Å². The number of hydrogen-bond donors (Lipinski definition) is 2. The van der Waals surface area contributed by atoms with Crippen molar-refractivity contribution in [2.45, 2.75) is 6.05 Å². The van der Waals surface area contributed by atoms with Crippen LogP contribution >= 0.6 is 0 Å². The van der Waals surface area contributed by atoms with Gasteiger partial charge >= 0.3 is 16.6 Å². The largest absolute Gasteiger partial charge is 0.488 e. The minimum Gasteiger partial charge on any atom is -0.388 e. The molecule has 0 aliphatic heterocycles. The fourth-order valence-electron chi connectivity index (χ4n) is 1.50. The van der Waals surface area contributed by atoms with Crippen LogP contribution in [0.3, 0.4) is 0 Å². The fourth-order valence-corrected chi connectivity index (χ4v) is 1.85. The first-order chi connectivity index (χ1) is 11.1. The summed E-state index contributed by atoms with van der Waals surface area (Å²) in [6, 6.07) is 0.783. The molecule has 0 radical (unpaired) electrons. The number of halogens is 3. The van der Waals surface area contributed by atoms with Crippen molar-refractivity contribution >= 4 is 22.1 Å². The van der Waals surface area contributed by atoms with Crippen LogP contribution in [0.25, 0.3) is 0 Å². The summed E-state index contributed by atoms with van der Waals surface area (Å²) in [5, 5.41) is 17.1. The Morgan fingerprint density at radius 3 is 2.50 bits per heavy atom. The molecule has 0 aliphatic rings. The summed E-state index contributed by atoms with van der Waals surface area (Å²) in [4.78, 5) is 11.8. The number of alkyl halides is 2. The molecule has 0 saturated carbocycles. The Morgan fingerprint density at radius 2 is 1.96 bits per heavy atom. The standard InChI is InChI=1S/C11H9F3N4O5S/c12-11(13,6-19)18-5-9(16-17-18)10(20)15-7-1-3-8(4-2-7)23-24(14,21)22/h1-5,19H,6H2,(H,15,20). The lowest BCUT2D eigenvalue weighted by Gasteiger charge is -2.11. The SMILES string of the molecule is O=C(Nc1ccc(OS(=O)(=O)F)cc1)c1cn(C(F)(F)CO)nn1. The van der Waals surface area contributed by atoms with E-state index in [9.17, 15) is 25.9 Å². The molecule has 0 aliphatic carbocycles. The van der Waals surface area contributed by atoms with Crippen molar-refractivity contribution in [1.82, 2.24) is 15.0 Å². The second-order valence-electron chi connectivity index (χ2n) is 4.33. The van der Waals surface area contributed by atoms with Crippen LogP contribution in [0.15, 0.2) is 30.5 Å². The molecule has 0 unspecified atom stereocenters. The highest BCUT2D eigenvalue weighted by Crippen LogP contribution is 2.20. The highest BCUT2D eigenvalue weighted by atomic mass is 32.3. The molecular formula is C11H9F3N4O5S. The highest BCUT2D eigenvalue weighted by Gasteiger charge is 2.32. The molecule has 1 heterocycles. The monoisotopic (exact) mass is 366 g/mol. The maximum atomic E-state index is 13.2. The van der Waals surface area contributed by atoms with Gasteiger partial charge < -0.3 is 14.6 Å². The number of aliphatic hydroxyl groups excluding tert-OH is 1. The van der Waals surface area contributed by atoms with Crippen molar-refractivity contribution in [2.75, 3.05) is 11.9 Å². The third kappa shape index (κ3) is 4.42. The molecule has 9 nitrogen and oxygen atoms in total. The number of anilines is 1.